The molecule has 0 spiro atoms. The Morgan fingerprint density at radius 3 is 1.03 bits per heavy atom. The molecule has 0 unspecified atom stereocenters. The van der Waals surface area contributed by atoms with Crippen molar-refractivity contribution in [3.05, 3.63) is 437 Å². The molecule has 0 N–H and O–H groups in total. The Kier molecular flexibility index (Phi) is 20.2. The first-order chi connectivity index (χ1) is 62.7. The Morgan fingerprint density at radius 2 is 0.562 bits per heavy atom. The summed E-state index contributed by atoms with van der Waals surface area (Å²) in [6.45, 7) is 14.4. The Hall–Kier alpha value is -14.8. The zero-order chi connectivity index (χ0) is 86.3. The molecule has 3 aromatic heterocycles. The van der Waals surface area contributed by atoms with Gasteiger partial charge in [-0.25, -0.2) is 4.39 Å². The number of hydrogen-bond donors (Lipinski definition) is 0. The Morgan fingerprint density at radius 1 is 0.227 bits per heavy atom. The number of halogens is 1. The van der Waals surface area contributed by atoms with Crippen molar-refractivity contribution < 1.29 is 8.81 Å². The standard InChI is InChI=1S/C65H49FN2SSi.C53H40N2OSSi/c1-70(2,3)52-36-32-49(33-37-52)67(48-26-14-7-15-27-48)51-35-39-57-62(43-51)69-65-56-38-34-50(42-59(56)54-29-16-17-30-55(54)63(57)65)68(61-31-19-18-28-53(61)45-22-10-5-11-23-45)64-58(46-24-12-6-13-25-46)40-47(41-60(64)66)44-20-8-4-9-21-44;1-58(2,3)41-27-22-37(23-28-41)54(35-14-6-4-7-15-35)40-26-31-47-51(34-40)57-53-46-30-25-38(32-48(46)42-18-10-11-20-45(42)52(47)53)55(36-16-8-5-9-17-36)39-24-29-44-43-19-12-13-21-49(43)56-50(44)33-39/h4-43H,1-3H3;4-34H,1-3H3. The average Bonchev–Trinajstić information content (AvgIpc) is 1.54. The zero-order valence-electron chi connectivity index (χ0n) is 71.9. The largest absolute Gasteiger partial charge is 0.456 e. The number of furan rings is 1. The average molecular weight is 1720 g/mol. The van der Waals surface area contributed by atoms with Gasteiger partial charge in [0.05, 0.1) is 27.5 Å². The molecule has 128 heavy (non-hydrogen) atoms. The highest BCUT2D eigenvalue weighted by atomic mass is 32.1. The smallest absolute Gasteiger partial charge is 0.148 e. The van der Waals surface area contributed by atoms with Crippen LogP contribution in [0.15, 0.2) is 435 Å². The van der Waals surface area contributed by atoms with Gasteiger partial charge in [0.25, 0.3) is 0 Å². The normalized spacial score (nSPS) is 11.9. The first-order valence-corrected chi connectivity index (χ1v) is 52.5. The number of rotatable bonds is 17. The van der Waals surface area contributed by atoms with Crippen molar-refractivity contribution in [3.8, 4) is 33.4 Å². The van der Waals surface area contributed by atoms with E-state index < -0.39 is 16.1 Å². The van der Waals surface area contributed by atoms with Crippen LogP contribution in [0.3, 0.4) is 0 Å². The molecule has 0 amide bonds. The molecule has 0 saturated heterocycles. The van der Waals surface area contributed by atoms with E-state index in [1.807, 2.05) is 89.4 Å². The van der Waals surface area contributed by atoms with Gasteiger partial charge in [-0.1, -0.05) is 329 Å². The van der Waals surface area contributed by atoms with E-state index in [0.717, 1.165) is 123 Å². The summed E-state index contributed by atoms with van der Waals surface area (Å²) in [6, 6.07) is 154. The minimum atomic E-state index is -1.48. The van der Waals surface area contributed by atoms with Gasteiger partial charge in [0.1, 0.15) is 17.0 Å². The molecule has 0 aliphatic rings. The molecule has 3 heterocycles. The van der Waals surface area contributed by atoms with Crippen molar-refractivity contribution in [2.24, 2.45) is 0 Å². The highest BCUT2D eigenvalue weighted by Gasteiger charge is 2.29. The van der Waals surface area contributed by atoms with Gasteiger partial charge >= 0.3 is 0 Å². The second kappa shape index (κ2) is 32.7. The van der Waals surface area contributed by atoms with Crippen LogP contribution in [0.2, 0.25) is 39.3 Å². The summed E-state index contributed by atoms with van der Waals surface area (Å²) < 4.78 is 29.3. The van der Waals surface area contributed by atoms with Crippen LogP contribution in [0.5, 0.6) is 0 Å². The fourth-order valence-corrected chi connectivity index (χ4v) is 23.9. The van der Waals surface area contributed by atoms with E-state index in [1.54, 1.807) is 6.07 Å². The van der Waals surface area contributed by atoms with Gasteiger partial charge in [-0.15, -0.1) is 22.7 Å². The molecule has 23 aromatic rings. The summed E-state index contributed by atoms with van der Waals surface area (Å²) in [5, 5.41) is 19.9. The minimum Gasteiger partial charge on any atom is -0.456 e. The van der Waals surface area contributed by atoms with Crippen LogP contribution in [0.1, 0.15) is 0 Å². The van der Waals surface area contributed by atoms with Crippen molar-refractivity contribution in [1.82, 2.24) is 0 Å². The van der Waals surface area contributed by atoms with Gasteiger partial charge in [0.2, 0.25) is 0 Å². The number of fused-ring (bicyclic) bond motifs is 19. The second-order valence-electron chi connectivity index (χ2n) is 35.2. The SMILES string of the molecule is C[Si](C)(C)c1ccc(N(c2ccccc2)c2ccc3c(c2)sc2c4ccc(N(c5ccccc5)c5ccc6c(c5)oc5ccccc56)cc4c4ccccc4c32)cc1.C[Si](C)(C)c1ccc(N(c2ccccc2)c2ccc3c(c2)sc2c4ccc(N(c5ccccc5-c5ccccc5)c5c(F)cc(-c6ccccc6)cc5-c5ccccc5)cc4c4ccccc4c32)cc1. The lowest BCUT2D eigenvalue weighted by molar-refractivity contribution is 0.630. The van der Waals surface area contributed by atoms with E-state index in [1.165, 1.54) is 88.7 Å². The lowest BCUT2D eigenvalue weighted by Crippen LogP contribution is -2.37. The van der Waals surface area contributed by atoms with E-state index in [-0.39, 0.29) is 5.82 Å². The van der Waals surface area contributed by atoms with Crippen LogP contribution in [0.4, 0.5) is 72.6 Å². The molecule has 0 aliphatic heterocycles. The van der Waals surface area contributed by atoms with E-state index in [9.17, 15) is 0 Å². The molecule has 614 valence electrons. The molecule has 0 radical (unpaired) electrons. The van der Waals surface area contributed by atoms with Crippen molar-refractivity contribution >= 4 is 223 Å². The van der Waals surface area contributed by atoms with Crippen molar-refractivity contribution in [2.45, 2.75) is 39.3 Å². The van der Waals surface area contributed by atoms with Crippen LogP contribution < -0.4 is 30.0 Å². The van der Waals surface area contributed by atoms with Gasteiger partial charge in [0, 0.05) is 136 Å². The van der Waals surface area contributed by atoms with Crippen molar-refractivity contribution in [1.29, 1.82) is 0 Å². The molecule has 0 atom stereocenters. The quantitative estimate of drug-likeness (QED) is 0.0669. The highest BCUT2D eigenvalue weighted by molar-refractivity contribution is 7.27. The number of nitrogens with zero attached hydrogens (tertiary/aromatic N) is 4. The Balaban J connectivity index is 0.000000153. The number of anilines is 12. The monoisotopic (exact) mass is 1720 g/mol. The summed E-state index contributed by atoms with van der Waals surface area (Å²) in [6.07, 6.45) is 0. The maximum absolute atomic E-state index is 17.9. The molecule has 0 bridgehead atoms. The fraction of sp³-hybridized carbons (Fsp3) is 0.0508. The highest BCUT2D eigenvalue weighted by Crippen LogP contribution is 2.54. The van der Waals surface area contributed by atoms with E-state index in [0.29, 0.717) is 5.69 Å². The minimum absolute atomic E-state index is 0.305. The Bertz CT molecular complexity index is 8160. The summed E-state index contributed by atoms with van der Waals surface area (Å²) in [4.78, 5) is 9.26. The fourth-order valence-electron chi connectivity index (χ4n) is 18.9. The Labute approximate surface area is 754 Å². The summed E-state index contributed by atoms with van der Waals surface area (Å²) >= 11 is 3.74. The zero-order valence-corrected chi connectivity index (χ0v) is 75.5. The van der Waals surface area contributed by atoms with Gasteiger partial charge in [-0.3, -0.25) is 0 Å². The molecule has 0 fully saturated rings. The molecular weight excluding hydrogens is 1630 g/mol. The molecule has 0 saturated carbocycles. The van der Waals surface area contributed by atoms with Crippen molar-refractivity contribution in [2.75, 3.05) is 19.6 Å². The molecule has 5 nitrogen and oxygen atoms in total. The molecule has 20 aromatic carbocycles. The topological polar surface area (TPSA) is 26.1 Å². The molecule has 23 rings (SSSR count). The van der Waals surface area contributed by atoms with Gasteiger partial charge in [-0.2, -0.15) is 0 Å². The summed E-state index contributed by atoms with van der Waals surface area (Å²) in [7, 11) is -2.92. The van der Waals surface area contributed by atoms with Crippen LogP contribution in [-0.4, -0.2) is 16.1 Å². The lowest BCUT2D eigenvalue weighted by Gasteiger charge is -2.31. The first-order valence-electron chi connectivity index (χ1n) is 43.9. The number of benzene rings is 20. The van der Waals surface area contributed by atoms with Crippen LogP contribution >= 0.6 is 22.7 Å². The number of thiophene rings is 2. The van der Waals surface area contributed by atoms with Crippen LogP contribution in [-0.2, 0) is 0 Å². The molecule has 0 aliphatic carbocycles. The van der Waals surface area contributed by atoms with E-state index in [2.05, 4.69) is 417 Å². The predicted molar refractivity (Wildman–Crippen MR) is 557 cm³/mol. The van der Waals surface area contributed by atoms with Gasteiger partial charge in [0.15, 0.2) is 0 Å². The third-order valence-corrected chi connectivity index (χ3v) is 31.7. The maximum Gasteiger partial charge on any atom is 0.148 e. The molecular formula is C118H89FN4OS2Si2. The number of para-hydroxylation sites is 5. The summed E-state index contributed by atoms with van der Waals surface area (Å²) in [5.74, 6) is -0.305. The second-order valence-corrected chi connectivity index (χ2v) is 47.5. The van der Waals surface area contributed by atoms with Crippen molar-refractivity contribution in [3.63, 3.8) is 0 Å². The third kappa shape index (κ3) is 14.4. The van der Waals surface area contributed by atoms with E-state index >= 15 is 4.39 Å². The summed E-state index contributed by atoms with van der Waals surface area (Å²) in [5.41, 5.74) is 19.7. The maximum atomic E-state index is 17.9. The molecule has 10 heteroatoms. The third-order valence-electron chi connectivity index (χ3n) is 25.2. The number of hydrogen-bond acceptors (Lipinski definition) is 7. The van der Waals surface area contributed by atoms with Gasteiger partial charge in [-0.05, 0) is 200 Å². The van der Waals surface area contributed by atoms with E-state index in [4.69, 9.17) is 4.42 Å². The first kappa shape index (κ1) is 79.2. The van der Waals surface area contributed by atoms with Crippen LogP contribution in [0.25, 0.3) is 139 Å². The van der Waals surface area contributed by atoms with Crippen LogP contribution in [0, 0.1) is 5.82 Å². The van der Waals surface area contributed by atoms with Gasteiger partial charge < -0.3 is 24.0 Å². The lowest BCUT2D eigenvalue weighted by atomic mass is 9.94. The predicted octanol–water partition coefficient (Wildman–Crippen LogP) is 34.7.